The van der Waals surface area contributed by atoms with Crippen molar-refractivity contribution in [2.75, 3.05) is 12.9 Å². The third-order valence-corrected chi connectivity index (χ3v) is 4.94. The van der Waals surface area contributed by atoms with Gasteiger partial charge in [0.1, 0.15) is 11.2 Å². The molecular weight excluding hydrogens is 496 g/mol. The van der Waals surface area contributed by atoms with Crippen LogP contribution < -0.4 is 15.4 Å². The van der Waals surface area contributed by atoms with E-state index in [2.05, 4.69) is 20.3 Å². The summed E-state index contributed by atoms with van der Waals surface area (Å²) in [7, 11) is -3.78. The fourth-order valence-corrected chi connectivity index (χ4v) is 3.87. The summed E-state index contributed by atoms with van der Waals surface area (Å²) in [6.45, 7) is 11.9. The lowest BCUT2D eigenvalue weighted by atomic mass is 9.89. The van der Waals surface area contributed by atoms with Gasteiger partial charge < -0.3 is 19.3 Å². The van der Waals surface area contributed by atoms with E-state index < -0.39 is 63.5 Å². The predicted molar refractivity (Wildman–Crippen MR) is 132 cm³/mol. The molecular formula is C22H38N4O9S. The Bertz CT molecular complexity index is 946. The van der Waals surface area contributed by atoms with E-state index in [1.165, 1.54) is 6.08 Å². The van der Waals surface area contributed by atoms with Gasteiger partial charge in [-0.25, -0.2) is 32.5 Å². The molecule has 0 spiro atoms. The first-order chi connectivity index (χ1) is 16.3. The molecule has 0 aliphatic heterocycles. The largest absolute Gasteiger partial charge is 0.478 e. The number of rotatable bonds is 7. The Balaban J connectivity index is 3.48. The van der Waals surface area contributed by atoms with Crippen LogP contribution in [0.1, 0.15) is 61.3 Å². The number of nitrogens with zero attached hydrogens (tertiary/aromatic N) is 1. The number of alkyl carbamates (subject to hydrolysis) is 2. The molecule has 13 nitrogen and oxygen atoms in total. The van der Waals surface area contributed by atoms with E-state index in [4.69, 9.17) is 14.2 Å². The van der Waals surface area contributed by atoms with Gasteiger partial charge in [-0.2, -0.15) is 0 Å². The fraction of sp³-hybridized carbons (Fsp3) is 0.727. The topological polar surface area (TPSA) is 182 Å². The number of hydrogen-bond acceptors (Lipinski definition) is 9. The van der Waals surface area contributed by atoms with Crippen molar-refractivity contribution in [3.05, 3.63) is 11.6 Å². The van der Waals surface area contributed by atoms with Crippen molar-refractivity contribution in [2.45, 2.75) is 90.7 Å². The van der Waals surface area contributed by atoms with Crippen LogP contribution in [-0.4, -0.2) is 79.9 Å². The van der Waals surface area contributed by atoms with Gasteiger partial charge in [0.2, 0.25) is 16.0 Å². The number of hydrogen-bond donors (Lipinski definition) is 4. The zero-order valence-electron chi connectivity index (χ0n) is 22.0. The van der Waals surface area contributed by atoms with E-state index in [9.17, 15) is 27.9 Å². The number of nitrogens with one attached hydrogen (secondary N) is 3. The zero-order chi connectivity index (χ0) is 27.9. The highest BCUT2D eigenvalue weighted by Gasteiger charge is 2.38. The molecule has 4 N–H and O–H groups in total. The first-order valence-corrected chi connectivity index (χ1v) is 13.3. The van der Waals surface area contributed by atoms with Crippen LogP contribution >= 0.6 is 0 Å². The molecule has 1 aliphatic rings. The number of aliphatic carboxylic acids is 1. The number of carboxylic acids is 1. The highest BCUT2D eigenvalue weighted by Crippen LogP contribution is 2.25. The number of carbonyl (C=O) groups excluding carboxylic acids is 2. The van der Waals surface area contributed by atoms with Gasteiger partial charge in [-0.15, -0.1) is 0 Å². The van der Waals surface area contributed by atoms with Crippen LogP contribution in [-0.2, 0) is 29.0 Å². The molecule has 0 bridgehead atoms. The van der Waals surface area contributed by atoms with Crippen LogP contribution in [0.3, 0.4) is 0 Å². The van der Waals surface area contributed by atoms with Gasteiger partial charge in [-0.05, 0) is 54.0 Å². The summed E-state index contributed by atoms with van der Waals surface area (Å²) < 4.78 is 42.8. The number of ether oxygens (including phenoxy) is 3. The highest BCUT2D eigenvalue weighted by molar-refractivity contribution is 7.88. The minimum Gasteiger partial charge on any atom is -0.478 e. The highest BCUT2D eigenvalue weighted by atomic mass is 32.2. The van der Waals surface area contributed by atoms with E-state index in [1.54, 1.807) is 41.5 Å². The third kappa shape index (κ3) is 12.3. The van der Waals surface area contributed by atoms with Crippen molar-refractivity contribution < 1.29 is 42.1 Å². The minimum atomic E-state index is -3.78. The lowest BCUT2D eigenvalue weighted by molar-refractivity contribution is -0.133. The lowest BCUT2D eigenvalue weighted by Crippen LogP contribution is -2.54. The zero-order valence-corrected chi connectivity index (χ0v) is 22.8. The van der Waals surface area contributed by atoms with Crippen LogP contribution in [0, 0.1) is 0 Å². The molecule has 0 unspecified atom stereocenters. The Morgan fingerprint density at radius 1 is 1.06 bits per heavy atom. The Labute approximate surface area is 212 Å². The van der Waals surface area contributed by atoms with E-state index in [0.29, 0.717) is 6.42 Å². The number of guanidine groups is 1. The van der Waals surface area contributed by atoms with Gasteiger partial charge in [-0.3, -0.25) is 10.6 Å². The lowest BCUT2D eigenvalue weighted by Gasteiger charge is -2.34. The Morgan fingerprint density at radius 2 is 1.56 bits per heavy atom. The van der Waals surface area contributed by atoms with Crippen LogP contribution in [0.2, 0.25) is 0 Å². The van der Waals surface area contributed by atoms with Crippen LogP contribution in [0.15, 0.2) is 16.6 Å². The molecule has 1 aliphatic carbocycles. The molecule has 0 aromatic carbocycles. The monoisotopic (exact) mass is 534 g/mol. The SMILES string of the molecule is CCCO[C@@H]1C=C(C(=O)O)C[C@H](N=C(NC(=O)OC(C)(C)C)NC(=O)OC(C)(C)C)[C@H]1NS(C)(=O)=O. The summed E-state index contributed by atoms with van der Waals surface area (Å²) in [6.07, 6.45) is -0.226. The summed E-state index contributed by atoms with van der Waals surface area (Å²) >= 11 is 0. The normalized spacial score (nSPS) is 20.6. The molecule has 0 radical (unpaired) electrons. The van der Waals surface area contributed by atoms with Crippen molar-refractivity contribution in [3.8, 4) is 0 Å². The third-order valence-electron chi connectivity index (χ3n) is 4.24. The number of aliphatic imine (C=N–C) groups is 1. The van der Waals surface area contributed by atoms with Crippen LogP contribution in [0.5, 0.6) is 0 Å². The summed E-state index contributed by atoms with van der Waals surface area (Å²) in [6, 6.07) is -2.12. The molecule has 14 heteroatoms. The number of sulfonamides is 1. The first-order valence-electron chi connectivity index (χ1n) is 11.4. The fourth-order valence-electron chi connectivity index (χ4n) is 3.09. The van der Waals surface area contributed by atoms with Gasteiger partial charge >= 0.3 is 18.2 Å². The van der Waals surface area contributed by atoms with E-state index in [-0.39, 0.29) is 18.6 Å². The molecule has 3 atom stereocenters. The smallest absolute Gasteiger partial charge is 0.414 e. The Morgan fingerprint density at radius 3 is 1.94 bits per heavy atom. The Kier molecular flexibility index (Phi) is 10.9. The maximum atomic E-state index is 12.4. The second-order valence-electron chi connectivity index (χ2n) is 10.3. The molecule has 0 saturated heterocycles. The second kappa shape index (κ2) is 12.5. The molecule has 36 heavy (non-hydrogen) atoms. The predicted octanol–water partition coefficient (Wildman–Crippen LogP) is 1.89. The maximum absolute atomic E-state index is 12.4. The van der Waals surface area contributed by atoms with Crippen molar-refractivity contribution in [1.82, 2.24) is 15.4 Å². The summed E-state index contributed by atoms with van der Waals surface area (Å²) in [5, 5.41) is 14.2. The average molecular weight is 535 g/mol. The Hall–Kier alpha value is -2.71. The summed E-state index contributed by atoms with van der Waals surface area (Å²) in [5.74, 6) is -1.65. The first kappa shape index (κ1) is 31.3. The molecule has 0 saturated carbocycles. The molecule has 206 valence electrons. The van der Waals surface area contributed by atoms with Crippen molar-refractivity contribution >= 4 is 34.1 Å². The second-order valence-corrected chi connectivity index (χ2v) is 12.0. The molecule has 0 fully saturated rings. The van der Waals surface area contributed by atoms with Gasteiger partial charge in [-0.1, -0.05) is 6.92 Å². The molecule has 2 amide bonds. The van der Waals surface area contributed by atoms with Gasteiger partial charge in [0.25, 0.3) is 0 Å². The number of carbonyl (C=O) groups is 3. The molecule has 0 heterocycles. The maximum Gasteiger partial charge on any atom is 0.414 e. The van der Waals surface area contributed by atoms with Gasteiger partial charge in [0.05, 0.1) is 24.4 Å². The van der Waals surface area contributed by atoms with Crippen molar-refractivity contribution in [3.63, 3.8) is 0 Å². The minimum absolute atomic E-state index is 0.0645. The van der Waals surface area contributed by atoms with Crippen LogP contribution in [0.25, 0.3) is 0 Å². The van der Waals surface area contributed by atoms with Crippen molar-refractivity contribution in [1.29, 1.82) is 0 Å². The van der Waals surface area contributed by atoms with E-state index in [1.807, 2.05) is 6.92 Å². The molecule has 0 aromatic rings. The standard InChI is InChI=1S/C22H38N4O9S/c1-9-10-33-15-12-13(17(27)28)11-14(16(15)26-36(8,31)32)23-18(24-19(29)34-21(2,3)4)25-20(30)35-22(5,6)7/h12,14-16,26H,9-11H2,1-8H3,(H,27,28)(H2,23,24,25,29,30)/t14-,15+,16+/m0/s1. The average Bonchev–Trinajstić information content (AvgIpc) is 2.63. The van der Waals surface area contributed by atoms with Gasteiger partial charge in [0.15, 0.2) is 0 Å². The van der Waals surface area contributed by atoms with Crippen molar-refractivity contribution in [2.24, 2.45) is 4.99 Å². The molecule has 1 rings (SSSR count). The molecule has 0 aromatic heterocycles. The van der Waals surface area contributed by atoms with Gasteiger partial charge in [0, 0.05) is 18.6 Å². The van der Waals surface area contributed by atoms with E-state index >= 15 is 0 Å². The quantitative estimate of drug-likeness (QED) is 0.280. The number of amides is 2. The summed E-state index contributed by atoms with van der Waals surface area (Å²) in [5.41, 5.74) is -1.81. The van der Waals surface area contributed by atoms with Crippen LogP contribution in [0.4, 0.5) is 9.59 Å². The van der Waals surface area contributed by atoms with E-state index in [0.717, 1.165) is 6.26 Å². The number of carboxylic acid groups (broad SMARTS) is 1. The summed E-state index contributed by atoms with van der Waals surface area (Å²) in [4.78, 5) is 40.9.